The normalized spacial score (nSPS) is 10.7. The van der Waals surface area contributed by atoms with Crippen LogP contribution < -0.4 is 0 Å². The van der Waals surface area contributed by atoms with Crippen molar-refractivity contribution in [3.63, 3.8) is 0 Å². The first-order valence-electron chi connectivity index (χ1n) is 3.84. The van der Waals surface area contributed by atoms with Crippen LogP contribution in [0.25, 0.3) is 11.2 Å². The number of halogens is 1. The SMILES string of the molecule is Cc1nc2nc(C(=O)O)[nH]c2cc1Br. The largest absolute Gasteiger partial charge is 0.475 e. The molecule has 2 aromatic heterocycles. The number of nitrogens with one attached hydrogen (secondary N) is 1. The van der Waals surface area contributed by atoms with Gasteiger partial charge in [-0.1, -0.05) is 0 Å². The number of aryl methyl sites for hydroxylation is 1. The highest BCUT2D eigenvalue weighted by Crippen LogP contribution is 2.19. The number of hydrogen-bond donors (Lipinski definition) is 2. The molecular weight excluding hydrogens is 250 g/mol. The number of aromatic amines is 1. The second kappa shape index (κ2) is 3.06. The molecule has 0 bridgehead atoms. The van der Waals surface area contributed by atoms with E-state index in [1.807, 2.05) is 6.92 Å². The molecular formula is C8H6BrN3O2. The molecule has 72 valence electrons. The summed E-state index contributed by atoms with van der Waals surface area (Å²) in [7, 11) is 0. The second-order valence-corrected chi connectivity index (χ2v) is 3.67. The number of carboxylic acids is 1. The molecule has 6 heteroatoms. The molecule has 0 amide bonds. The van der Waals surface area contributed by atoms with E-state index < -0.39 is 5.97 Å². The predicted molar refractivity (Wildman–Crippen MR) is 53.3 cm³/mol. The van der Waals surface area contributed by atoms with Gasteiger partial charge in [-0.05, 0) is 28.9 Å². The fourth-order valence-electron chi connectivity index (χ4n) is 1.11. The lowest BCUT2D eigenvalue weighted by atomic mass is 10.3. The minimum absolute atomic E-state index is 0.0926. The molecule has 2 aromatic rings. The molecule has 0 saturated carbocycles. The first-order chi connectivity index (χ1) is 6.58. The molecule has 14 heavy (non-hydrogen) atoms. The maximum absolute atomic E-state index is 10.6. The minimum Gasteiger partial charge on any atom is -0.475 e. The summed E-state index contributed by atoms with van der Waals surface area (Å²) in [6, 6.07) is 1.76. The van der Waals surface area contributed by atoms with Crippen LogP contribution in [-0.4, -0.2) is 26.0 Å². The Labute approximate surface area is 87.3 Å². The Kier molecular flexibility index (Phi) is 1.99. The fraction of sp³-hybridized carbons (Fsp3) is 0.125. The van der Waals surface area contributed by atoms with Gasteiger partial charge >= 0.3 is 5.97 Å². The summed E-state index contributed by atoms with van der Waals surface area (Å²) >= 11 is 3.30. The predicted octanol–water partition coefficient (Wildman–Crippen LogP) is 1.73. The molecule has 0 unspecified atom stereocenters. The third-order valence-corrected chi connectivity index (χ3v) is 2.61. The molecule has 0 saturated heterocycles. The highest BCUT2D eigenvalue weighted by molar-refractivity contribution is 9.10. The van der Waals surface area contributed by atoms with Crippen molar-refractivity contribution in [2.24, 2.45) is 0 Å². The van der Waals surface area contributed by atoms with Crippen molar-refractivity contribution in [3.05, 3.63) is 22.1 Å². The molecule has 0 atom stereocenters. The molecule has 0 aromatic carbocycles. The van der Waals surface area contributed by atoms with Gasteiger partial charge in [-0.2, -0.15) is 0 Å². The van der Waals surface area contributed by atoms with E-state index in [9.17, 15) is 4.79 Å². The Morgan fingerprint density at radius 1 is 1.57 bits per heavy atom. The standard InChI is InChI=1S/C8H6BrN3O2/c1-3-4(9)2-5-6(10-3)12-7(11-5)8(13)14/h2H,1H3,(H,13,14)(H,10,11,12). The minimum atomic E-state index is -1.09. The lowest BCUT2D eigenvalue weighted by molar-refractivity contribution is 0.0685. The summed E-state index contributed by atoms with van der Waals surface area (Å²) in [4.78, 5) is 21.2. The Bertz CT molecular complexity index is 482. The van der Waals surface area contributed by atoms with Crippen LogP contribution in [-0.2, 0) is 0 Å². The van der Waals surface area contributed by atoms with Crippen LogP contribution in [0, 0.1) is 6.92 Å². The number of nitrogens with zero attached hydrogens (tertiary/aromatic N) is 2. The van der Waals surface area contributed by atoms with Crippen LogP contribution in [0.15, 0.2) is 10.5 Å². The smallest absolute Gasteiger partial charge is 0.371 e. The average molecular weight is 256 g/mol. The van der Waals surface area contributed by atoms with Gasteiger partial charge in [-0.25, -0.2) is 14.8 Å². The average Bonchev–Trinajstić information content (AvgIpc) is 2.48. The number of aromatic nitrogens is 3. The van der Waals surface area contributed by atoms with Crippen LogP contribution >= 0.6 is 15.9 Å². The van der Waals surface area contributed by atoms with Crippen LogP contribution in [0.1, 0.15) is 16.3 Å². The van der Waals surface area contributed by atoms with Crippen molar-refractivity contribution >= 4 is 33.1 Å². The zero-order chi connectivity index (χ0) is 10.3. The van der Waals surface area contributed by atoms with E-state index in [1.165, 1.54) is 0 Å². The Balaban J connectivity index is 2.72. The maximum atomic E-state index is 10.6. The van der Waals surface area contributed by atoms with Gasteiger partial charge in [0, 0.05) is 4.47 Å². The number of imidazole rings is 1. The first-order valence-corrected chi connectivity index (χ1v) is 4.63. The van der Waals surface area contributed by atoms with Gasteiger partial charge < -0.3 is 10.1 Å². The van der Waals surface area contributed by atoms with Gasteiger partial charge in [0.15, 0.2) is 5.65 Å². The summed E-state index contributed by atoms with van der Waals surface area (Å²) in [6.07, 6.45) is 0. The summed E-state index contributed by atoms with van der Waals surface area (Å²) < 4.78 is 0.825. The summed E-state index contributed by atoms with van der Waals surface area (Å²) in [5, 5.41) is 8.69. The Morgan fingerprint density at radius 3 is 2.93 bits per heavy atom. The van der Waals surface area contributed by atoms with Crippen molar-refractivity contribution in [3.8, 4) is 0 Å². The summed E-state index contributed by atoms with van der Waals surface area (Å²) in [6.45, 7) is 1.82. The van der Waals surface area contributed by atoms with Gasteiger partial charge in [0.05, 0.1) is 11.2 Å². The quantitative estimate of drug-likeness (QED) is 0.814. The fourth-order valence-corrected chi connectivity index (χ4v) is 1.43. The molecule has 2 N–H and O–H groups in total. The van der Waals surface area contributed by atoms with Gasteiger partial charge in [-0.15, -0.1) is 0 Å². The van der Waals surface area contributed by atoms with Crippen molar-refractivity contribution in [2.75, 3.05) is 0 Å². The van der Waals surface area contributed by atoms with Crippen molar-refractivity contribution in [2.45, 2.75) is 6.92 Å². The monoisotopic (exact) mass is 255 g/mol. The molecule has 0 aliphatic rings. The van der Waals surface area contributed by atoms with Crippen LogP contribution in [0.5, 0.6) is 0 Å². The number of H-pyrrole nitrogens is 1. The van der Waals surface area contributed by atoms with E-state index >= 15 is 0 Å². The number of carbonyl (C=O) groups is 1. The molecule has 0 spiro atoms. The van der Waals surface area contributed by atoms with E-state index in [1.54, 1.807) is 6.07 Å². The third-order valence-electron chi connectivity index (χ3n) is 1.80. The lowest BCUT2D eigenvalue weighted by Gasteiger charge is -1.94. The van der Waals surface area contributed by atoms with Gasteiger partial charge in [-0.3, -0.25) is 0 Å². The summed E-state index contributed by atoms with van der Waals surface area (Å²) in [5.74, 6) is -1.18. The molecule has 5 nitrogen and oxygen atoms in total. The third kappa shape index (κ3) is 1.37. The van der Waals surface area contributed by atoms with Crippen LogP contribution in [0.4, 0.5) is 0 Å². The van der Waals surface area contributed by atoms with E-state index in [-0.39, 0.29) is 5.82 Å². The van der Waals surface area contributed by atoms with E-state index in [0.717, 1.165) is 10.2 Å². The van der Waals surface area contributed by atoms with Crippen LogP contribution in [0.2, 0.25) is 0 Å². The number of aromatic carboxylic acids is 1. The van der Waals surface area contributed by atoms with Gasteiger partial charge in [0.25, 0.3) is 0 Å². The highest BCUT2D eigenvalue weighted by Gasteiger charge is 2.11. The zero-order valence-corrected chi connectivity index (χ0v) is 8.79. The molecule has 0 fully saturated rings. The van der Waals surface area contributed by atoms with Crippen LogP contribution in [0.3, 0.4) is 0 Å². The topological polar surface area (TPSA) is 78.9 Å². The van der Waals surface area contributed by atoms with E-state index in [0.29, 0.717) is 11.2 Å². The number of pyridine rings is 1. The number of hydrogen-bond acceptors (Lipinski definition) is 3. The van der Waals surface area contributed by atoms with Gasteiger partial charge in [0.2, 0.25) is 5.82 Å². The second-order valence-electron chi connectivity index (χ2n) is 2.82. The van der Waals surface area contributed by atoms with Gasteiger partial charge in [0.1, 0.15) is 0 Å². The number of carboxylic acid groups (broad SMARTS) is 1. The molecule has 0 radical (unpaired) electrons. The summed E-state index contributed by atoms with van der Waals surface area (Å²) in [5.41, 5.74) is 1.81. The first kappa shape index (κ1) is 9.14. The molecule has 0 aliphatic heterocycles. The Hall–Kier alpha value is -1.43. The van der Waals surface area contributed by atoms with E-state index in [2.05, 4.69) is 30.9 Å². The zero-order valence-electron chi connectivity index (χ0n) is 7.21. The number of fused-ring (bicyclic) bond motifs is 1. The Morgan fingerprint density at radius 2 is 2.29 bits per heavy atom. The van der Waals surface area contributed by atoms with Crippen molar-refractivity contribution in [1.29, 1.82) is 0 Å². The van der Waals surface area contributed by atoms with E-state index in [4.69, 9.17) is 5.11 Å². The molecule has 2 rings (SSSR count). The molecule has 0 aliphatic carbocycles. The lowest BCUT2D eigenvalue weighted by Crippen LogP contribution is -1.97. The van der Waals surface area contributed by atoms with Crippen molar-refractivity contribution < 1.29 is 9.90 Å². The highest BCUT2D eigenvalue weighted by atomic mass is 79.9. The maximum Gasteiger partial charge on any atom is 0.371 e. The number of rotatable bonds is 1. The molecule has 2 heterocycles. The van der Waals surface area contributed by atoms with Crippen molar-refractivity contribution in [1.82, 2.24) is 15.0 Å².